The second-order valence-corrected chi connectivity index (χ2v) is 9.17. The first-order valence-electron chi connectivity index (χ1n) is 8.83. The van der Waals surface area contributed by atoms with Gasteiger partial charge in [-0.3, -0.25) is 4.72 Å². The molecule has 174 valence electrons. The Morgan fingerprint density at radius 1 is 1.27 bits per heavy atom. The minimum absolute atomic E-state index is 0.0337. The molecule has 10 nitrogen and oxygen atoms in total. The molecule has 0 amide bonds. The number of aromatic nitrogens is 3. The molecule has 0 atom stereocenters. The van der Waals surface area contributed by atoms with Crippen LogP contribution in [0.15, 0.2) is 40.0 Å². The van der Waals surface area contributed by atoms with Gasteiger partial charge in [-0.2, -0.15) is 9.78 Å². The minimum atomic E-state index is -4.86. The summed E-state index contributed by atoms with van der Waals surface area (Å²) in [6, 6.07) is 3.15. The van der Waals surface area contributed by atoms with Gasteiger partial charge >= 0.3 is 12.3 Å². The first-order chi connectivity index (χ1) is 15.4. The van der Waals surface area contributed by atoms with Gasteiger partial charge in [0.1, 0.15) is 28.6 Å². The maximum Gasteiger partial charge on any atom is 0.504 e. The lowest BCUT2D eigenvalue weighted by Gasteiger charge is -2.14. The molecule has 2 aromatic heterocycles. The van der Waals surface area contributed by atoms with E-state index in [1.54, 1.807) is 0 Å². The average molecular weight is 549 g/mol. The lowest BCUT2D eigenvalue weighted by molar-refractivity contribution is -0.212. The number of phenolic OH excluding ortho intramolecular Hbond substituents is 1. The number of hydrogen-bond acceptors (Lipinski definition) is 8. The van der Waals surface area contributed by atoms with E-state index in [4.69, 9.17) is 9.47 Å². The van der Waals surface area contributed by atoms with Crippen molar-refractivity contribution < 1.29 is 41.0 Å². The Morgan fingerprint density at radius 3 is 2.67 bits per heavy atom. The number of aromatic hydroxyl groups is 1. The predicted molar refractivity (Wildman–Crippen MR) is 109 cm³/mol. The molecule has 1 aliphatic heterocycles. The molecular weight excluding hydrogens is 537 g/mol. The van der Waals surface area contributed by atoms with Gasteiger partial charge in [-0.15, -0.1) is 13.2 Å². The third kappa shape index (κ3) is 4.20. The summed E-state index contributed by atoms with van der Waals surface area (Å²) < 4.78 is 77.7. The molecule has 3 heterocycles. The van der Waals surface area contributed by atoms with Gasteiger partial charge < -0.3 is 14.6 Å². The van der Waals surface area contributed by atoms with E-state index >= 15 is 0 Å². The molecule has 0 unspecified atom stereocenters. The number of sulfonamides is 1. The van der Waals surface area contributed by atoms with Crippen LogP contribution in [0.3, 0.4) is 0 Å². The Bertz CT molecular complexity index is 1390. The minimum Gasteiger partial charge on any atom is -0.505 e. The predicted octanol–water partition coefficient (Wildman–Crippen LogP) is 3.37. The summed E-state index contributed by atoms with van der Waals surface area (Å²) in [5.74, 6) is -1.92. The number of cyclic esters (lactones) is 1. The normalized spacial score (nSPS) is 15.2. The molecule has 1 aromatic carbocycles. The Kier molecular flexibility index (Phi) is 5.48. The maximum atomic E-state index is 13.3. The fraction of sp³-hybridized carbons (Fsp3) is 0.167. The van der Waals surface area contributed by atoms with E-state index in [0.29, 0.717) is 6.20 Å². The van der Waals surface area contributed by atoms with Crippen LogP contribution in [0.5, 0.6) is 11.6 Å². The van der Waals surface area contributed by atoms with Crippen molar-refractivity contribution in [1.82, 2.24) is 14.8 Å². The summed E-state index contributed by atoms with van der Waals surface area (Å²) in [7, 11) is -3.31. The standard InChI is InChI=1S/C18H12BrF3N4O6S/c1-31-16-12-3-9(5-23-16)10-6-26(18(20,21)22)24-13(10)7-32-17(28)8-2-11(19)15(27)14(4-8)33(29,30)25-12/h2-6,25,27H,7H2,1H3. The number of phenols is 1. The second kappa shape index (κ2) is 7.91. The molecule has 0 saturated carbocycles. The molecule has 0 radical (unpaired) electrons. The van der Waals surface area contributed by atoms with Crippen LogP contribution >= 0.6 is 15.9 Å². The number of nitrogens with zero attached hydrogens (tertiary/aromatic N) is 3. The number of benzene rings is 1. The molecule has 0 saturated heterocycles. The Morgan fingerprint density at radius 2 is 2.00 bits per heavy atom. The van der Waals surface area contributed by atoms with Crippen molar-refractivity contribution >= 4 is 37.6 Å². The lowest BCUT2D eigenvalue weighted by atomic mass is 10.1. The first kappa shape index (κ1) is 22.8. The number of rotatable bonds is 1. The van der Waals surface area contributed by atoms with Crippen molar-refractivity contribution in [3.8, 4) is 22.8 Å². The smallest absolute Gasteiger partial charge is 0.504 e. The van der Waals surface area contributed by atoms with Crippen LogP contribution in [0.25, 0.3) is 11.1 Å². The molecule has 3 aromatic rings. The zero-order chi connectivity index (χ0) is 24.1. The number of methoxy groups -OCH3 is 1. The number of nitrogens with one attached hydrogen (secondary N) is 1. The van der Waals surface area contributed by atoms with Gasteiger partial charge in [-0.1, -0.05) is 0 Å². The van der Waals surface area contributed by atoms with Crippen molar-refractivity contribution in [1.29, 1.82) is 0 Å². The lowest BCUT2D eigenvalue weighted by Crippen LogP contribution is -2.17. The highest BCUT2D eigenvalue weighted by Gasteiger charge is 2.34. The summed E-state index contributed by atoms with van der Waals surface area (Å²) in [6.07, 6.45) is -3.05. The van der Waals surface area contributed by atoms with Crippen molar-refractivity contribution in [2.24, 2.45) is 0 Å². The zero-order valence-corrected chi connectivity index (χ0v) is 18.7. The third-order valence-corrected chi connectivity index (χ3v) is 6.53. The Hall–Kier alpha value is -3.33. The second-order valence-electron chi connectivity index (χ2n) is 6.67. The van der Waals surface area contributed by atoms with E-state index in [-0.39, 0.29) is 43.1 Å². The van der Waals surface area contributed by atoms with Crippen molar-refractivity contribution in [3.63, 3.8) is 0 Å². The Balaban J connectivity index is 1.98. The van der Waals surface area contributed by atoms with Crippen molar-refractivity contribution in [3.05, 3.63) is 46.3 Å². The number of hydrogen-bond donors (Lipinski definition) is 2. The van der Waals surface area contributed by atoms with Crippen LogP contribution < -0.4 is 9.46 Å². The number of esters is 1. The quantitative estimate of drug-likeness (QED) is 0.442. The SMILES string of the molecule is COc1ncc2cc1NS(=O)(=O)c1cc(cc(Br)c1O)C(=O)OCc1nn(C(F)(F)F)cc1-2. The molecule has 0 aliphatic carbocycles. The van der Waals surface area contributed by atoms with Crippen molar-refractivity contribution in [2.75, 3.05) is 11.8 Å². The average Bonchev–Trinajstić information content (AvgIpc) is 3.17. The van der Waals surface area contributed by atoms with Gasteiger partial charge in [0.25, 0.3) is 10.0 Å². The molecule has 2 N–H and O–H groups in total. The van der Waals surface area contributed by atoms with E-state index in [1.165, 1.54) is 13.2 Å². The topological polar surface area (TPSA) is 133 Å². The number of alkyl halides is 3. The zero-order valence-electron chi connectivity index (χ0n) is 16.3. The van der Waals surface area contributed by atoms with Crippen LogP contribution in [0.4, 0.5) is 18.9 Å². The Labute approximate surface area is 192 Å². The molecule has 0 spiro atoms. The van der Waals surface area contributed by atoms with Crippen molar-refractivity contribution in [2.45, 2.75) is 17.8 Å². The molecule has 4 rings (SSSR count). The van der Waals surface area contributed by atoms with Gasteiger partial charge in [0.05, 0.1) is 17.1 Å². The molecular formula is C18H12BrF3N4O6S. The van der Waals surface area contributed by atoms with Gasteiger partial charge in [0, 0.05) is 23.5 Å². The highest BCUT2D eigenvalue weighted by molar-refractivity contribution is 9.10. The summed E-state index contributed by atoms with van der Waals surface area (Å²) in [5, 5.41) is 13.7. The molecule has 0 fully saturated rings. The number of ether oxygens (including phenoxy) is 2. The number of anilines is 1. The highest BCUT2D eigenvalue weighted by Crippen LogP contribution is 2.37. The van der Waals surface area contributed by atoms with E-state index in [2.05, 4.69) is 30.7 Å². The fourth-order valence-corrected chi connectivity index (χ4v) is 4.82. The van der Waals surface area contributed by atoms with Gasteiger partial charge in [0.15, 0.2) is 0 Å². The van der Waals surface area contributed by atoms with Crippen LogP contribution in [-0.2, 0) is 27.7 Å². The third-order valence-electron chi connectivity index (χ3n) is 4.54. The molecule has 4 bridgehead atoms. The first-order valence-corrected chi connectivity index (χ1v) is 11.1. The summed E-state index contributed by atoms with van der Waals surface area (Å²) >= 11 is 2.97. The van der Waals surface area contributed by atoms with Gasteiger partial charge in [-0.25, -0.2) is 18.2 Å². The number of fused-ring (bicyclic) bond motifs is 6. The van der Waals surface area contributed by atoms with E-state index < -0.39 is 39.5 Å². The van der Waals surface area contributed by atoms with Gasteiger partial charge in [0.2, 0.25) is 5.88 Å². The van der Waals surface area contributed by atoms with E-state index in [1.807, 2.05) is 0 Å². The van der Waals surface area contributed by atoms with E-state index in [9.17, 15) is 31.5 Å². The van der Waals surface area contributed by atoms with Crippen LogP contribution in [-0.4, -0.2) is 41.4 Å². The van der Waals surface area contributed by atoms with Crippen LogP contribution in [0, 0.1) is 0 Å². The number of carbonyl (C=O) groups is 1. The fourth-order valence-electron chi connectivity index (χ4n) is 3.04. The number of halogens is 4. The monoisotopic (exact) mass is 548 g/mol. The molecule has 15 heteroatoms. The van der Waals surface area contributed by atoms with Crippen LogP contribution in [0.1, 0.15) is 16.1 Å². The number of carbonyl (C=O) groups excluding carboxylic acids is 1. The molecule has 1 aliphatic rings. The van der Waals surface area contributed by atoms with Crippen LogP contribution in [0.2, 0.25) is 0 Å². The van der Waals surface area contributed by atoms with E-state index in [0.717, 1.165) is 18.3 Å². The summed E-state index contributed by atoms with van der Waals surface area (Å²) in [5.41, 5.74) is -0.836. The summed E-state index contributed by atoms with van der Waals surface area (Å²) in [4.78, 5) is 15.8. The highest BCUT2D eigenvalue weighted by atomic mass is 79.9. The summed E-state index contributed by atoms with van der Waals surface area (Å²) in [6.45, 7) is -0.660. The largest absolute Gasteiger partial charge is 0.505 e. The van der Waals surface area contributed by atoms with Gasteiger partial charge in [-0.05, 0) is 34.1 Å². The molecule has 33 heavy (non-hydrogen) atoms. The maximum absolute atomic E-state index is 13.3. The number of pyridine rings is 1.